The minimum absolute atomic E-state index is 0.00933. The van der Waals surface area contributed by atoms with Crippen LogP contribution in [0.5, 0.6) is 0 Å². The van der Waals surface area contributed by atoms with Crippen molar-refractivity contribution in [3.05, 3.63) is 29.1 Å². The number of amides is 1. The number of thiophene rings is 1. The number of hydrogen-bond donors (Lipinski definition) is 2. The largest absolute Gasteiger partial charge is 0.399 e. The predicted octanol–water partition coefficient (Wildman–Crippen LogP) is 3.26. The number of nitrogens with one attached hydrogen (secondary N) is 1. The first-order valence-corrected chi connectivity index (χ1v) is 6.99. The van der Waals surface area contributed by atoms with Gasteiger partial charge in [-0.05, 0) is 35.6 Å². The molecule has 1 amide bonds. The number of benzene rings is 1. The number of rotatable bonds is 4. The second-order valence-corrected chi connectivity index (χ2v) is 5.72. The zero-order valence-electron chi connectivity index (χ0n) is 10.7. The molecule has 0 bridgehead atoms. The van der Waals surface area contributed by atoms with Crippen LogP contribution < -0.4 is 11.1 Å². The highest BCUT2D eigenvalue weighted by atomic mass is 32.1. The van der Waals surface area contributed by atoms with Crippen molar-refractivity contribution in [2.75, 3.05) is 12.3 Å². The van der Waals surface area contributed by atoms with Gasteiger partial charge < -0.3 is 11.1 Å². The summed E-state index contributed by atoms with van der Waals surface area (Å²) >= 11 is 1.51. The molecular formula is C14H18N2OS. The highest BCUT2D eigenvalue weighted by Gasteiger charge is 2.10. The summed E-state index contributed by atoms with van der Waals surface area (Å²) in [5, 5.41) is 4.00. The van der Waals surface area contributed by atoms with Crippen molar-refractivity contribution in [1.82, 2.24) is 5.32 Å². The smallest absolute Gasteiger partial charge is 0.261 e. The van der Waals surface area contributed by atoms with Crippen molar-refractivity contribution in [2.24, 2.45) is 5.92 Å². The summed E-state index contributed by atoms with van der Waals surface area (Å²) in [7, 11) is 0. The van der Waals surface area contributed by atoms with Crippen LogP contribution in [0, 0.1) is 5.92 Å². The lowest BCUT2D eigenvalue weighted by atomic mass is 10.1. The Morgan fingerprint density at radius 2 is 2.22 bits per heavy atom. The van der Waals surface area contributed by atoms with Gasteiger partial charge in [-0.1, -0.05) is 20.3 Å². The first-order valence-electron chi connectivity index (χ1n) is 6.17. The summed E-state index contributed by atoms with van der Waals surface area (Å²) in [4.78, 5) is 12.7. The number of carbonyl (C=O) groups excluding carboxylic acids is 1. The van der Waals surface area contributed by atoms with Crippen LogP contribution >= 0.6 is 11.3 Å². The summed E-state index contributed by atoms with van der Waals surface area (Å²) < 4.78 is 1.10. The average molecular weight is 262 g/mol. The molecule has 0 fully saturated rings. The number of hydrogen-bond acceptors (Lipinski definition) is 3. The van der Waals surface area contributed by atoms with Crippen LogP contribution in [-0.4, -0.2) is 12.5 Å². The Morgan fingerprint density at radius 1 is 1.44 bits per heavy atom. The van der Waals surface area contributed by atoms with Crippen molar-refractivity contribution in [1.29, 1.82) is 0 Å². The minimum atomic E-state index is 0.00933. The maximum Gasteiger partial charge on any atom is 0.261 e. The minimum Gasteiger partial charge on any atom is -0.399 e. The van der Waals surface area contributed by atoms with Gasteiger partial charge in [0.25, 0.3) is 5.91 Å². The van der Waals surface area contributed by atoms with Gasteiger partial charge >= 0.3 is 0 Å². The molecule has 18 heavy (non-hydrogen) atoms. The molecule has 1 aromatic carbocycles. The average Bonchev–Trinajstić information content (AvgIpc) is 2.78. The Bertz CT molecular complexity index is 562. The monoisotopic (exact) mass is 262 g/mol. The third-order valence-corrected chi connectivity index (χ3v) is 4.19. The molecule has 0 saturated carbocycles. The van der Waals surface area contributed by atoms with Gasteiger partial charge in [0.05, 0.1) is 4.88 Å². The lowest BCUT2D eigenvalue weighted by Crippen LogP contribution is -2.27. The highest BCUT2D eigenvalue weighted by Crippen LogP contribution is 2.27. The van der Waals surface area contributed by atoms with E-state index in [0.717, 1.165) is 33.6 Å². The van der Waals surface area contributed by atoms with E-state index in [9.17, 15) is 4.79 Å². The Morgan fingerprint density at radius 3 is 2.94 bits per heavy atom. The summed E-state index contributed by atoms with van der Waals surface area (Å²) in [6.07, 6.45) is 1.07. The van der Waals surface area contributed by atoms with Crippen LogP contribution in [0.4, 0.5) is 5.69 Å². The Labute approximate surface area is 111 Å². The van der Waals surface area contributed by atoms with Crippen LogP contribution in [0.25, 0.3) is 10.1 Å². The number of nitrogens with two attached hydrogens (primary N) is 1. The van der Waals surface area contributed by atoms with E-state index in [1.807, 2.05) is 24.3 Å². The molecule has 0 aliphatic carbocycles. The highest BCUT2D eigenvalue weighted by molar-refractivity contribution is 7.20. The molecule has 1 atom stereocenters. The van der Waals surface area contributed by atoms with Crippen LogP contribution in [-0.2, 0) is 0 Å². The molecule has 4 heteroatoms. The summed E-state index contributed by atoms with van der Waals surface area (Å²) in [6.45, 7) is 4.98. The number of nitrogen functional groups attached to an aromatic ring is 1. The van der Waals surface area contributed by atoms with Crippen LogP contribution in [0.3, 0.4) is 0 Å². The zero-order chi connectivity index (χ0) is 13.1. The molecule has 0 aliphatic rings. The standard InChI is InChI=1S/C14H18N2OS/c1-3-9(2)8-16-14(17)13-7-10-6-11(15)4-5-12(10)18-13/h4-7,9H,3,8,15H2,1-2H3,(H,16,17). The second kappa shape index (κ2) is 5.40. The quantitative estimate of drug-likeness (QED) is 0.831. The molecule has 1 unspecified atom stereocenters. The fourth-order valence-corrected chi connectivity index (χ4v) is 2.63. The van der Waals surface area contributed by atoms with E-state index in [2.05, 4.69) is 19.2 Å². The van der Waals surface area contributed by atoms with Gasteiger partial charge in [-0.3, -0.25) is 4.79 Å². The number of fused-ring (bicyclic) bond motifs is 1. The maximum atomic E-state index is 12.0. The topological polar surface area (TPSA) is 55.1 Å². The van der Waals surface area contributed by atoms with Crippen molar-refractivity contribution < 1.29 is 4.79 Å². The van der Waals surface area contributed by atoms with Gasteiger partial charge in [0, 0.05) is 16.9 Å². The molecule has 2 rings (SSSR count). The van der Waals surface area contributed by atoms with Crippen molar-refractivity contribution in [3.63, 3.8) is 0 Å². The van der Waals surface area contributed by atoms with Crippen LogP contribution in [0.15, 0.2) is 24.3 Å². The fraction of sp³-hybridized carbons (Fsp3) is 0.357. The van der Waals surface area contributed by atoms with Crippen molar-refractivity contribution in [2.45, 2.75) is 20.3 Å². The summed E-state index contributed by atoms with van der Waals surface area (Å²) in [6, 6.07) is 7.63. The summed E-state index contributed by atoms with van der Waals surface area (Å²) in [5.74, 6) is 0.522. The van der Waals surface area contributed by atoms with E-state index in [4.69, 9.17) is 5.73 Å². The third kappa shape index (κ3) is 2.82. The van der Waals surface area contributed by atoms with E-state index >= 15 is 0 Å². The molecule has 96 valence electrons. The normalized spacial score (nSPS) is 12.6. The Hall–Kier alpha value is -1.55. The molecular weight excluding hydrogens is 244 g/mol. The fourth-order valence-electron chi connectivity index (χ4n) is 1.67. The molecule has 0 saturated heterocycles. The van der Waals surface area contributed by atoms with Crippen LogP contribution in [0.1, 0.15) is 29.9 Å². The van der Waals surface area contributed by atoms with Gasteiger partial charge in [0.15, 0.2) is 0 Å². The second-order valence-electron chi connectivity index (χ2n) is 4.63. The Kier molecular flexibility index (Phi) is 3.87. The van der Waals surface area contributed by atoms with Gasteiger partial charge in [0.2, 0.25) is 0 Å². The molecule has 1 heterocycles. The molecule has 3 nitrogen and oxygen atoms in total. The number of anilines is 1. The zero-order valence-corrected chi connectivity index (χ0v) is 11.5. The SMILES string of the molecule is CCC(C)CNC(=O)c1cc2cc(N)ccc2s1. The first kappa shape index (κ1) is 12.9. The van der Waals surface area contributed by atoms with E-state index in [-0.39, 0.29) is 5.91 Å². The molecule has 2 aromatic rings. The van der Waals surface area contributed by atoms with Gasteiger partial charge in [0.1, 0.15) is 0 Å². The van der Waals surface area contributed by atoms with Crippen LogP contribution in [0.2, 0.25) is 0 Å². The van der Waals surface area contributed by atoms with Crippen molar-refractivity contribution in [3.8, 4) is 0 Å². The molecule has 0 aliphatic heterocycles. The van der Waals surface area contributed by atoms with Crippen molar-refractivity contribution >= 4 is 33.0 Å². The van der Waals surface area contributed by atoms with E-state index in [1.54, 1.807) is 0 Å². The summed E-state index contributed by atoms with van der Waals surface area (Å²) in [5.41, 5.74) is 6.46. The number of carbonyl (C=O) groups is 1. The molecule has 3 N–H and O–H groups in total. The van der Waals surface area contributed by atoms with Gasteiger partial charge in [-0.25, -0.2) is 0 Å². The third-order valence-electron chi connectivity index (χ3n) is 3.07. The maximum absolute atomic E-state index is 12.0. The van der Waals surface area contributed by atoms with Gasteiger partial charge in [-0.2, -0.15) is 0 Å². The van der Waals surface area contributed by atoms with E-state index in [0.29, 0.717) is 5.92 Å². The first-order chi connectivity index (χ1) is 8.60. The molecule has 0 radical (unpaired) electrons. The van der Waals surface area contributed by atoms with E-state index in [1.165, 1.54) is 11.3 Å². The lowest BCUT2D eigenvalue weighted by Gasteiger charge is -2.08. The van der Waals surface area contributed by atoms with Gasteiger partial charge in [-0.15, -0.1) is 11.3 Å². The molecule has 1 aromatic heterocycles. The predicted molar refractivity (Wildman–Crippen MR) is 78.0 cm³/mol. The van der Waals surface area contributed by atoms with E-state index < -0.39 is 0 Å². The lowest BCUT2D eigenvalue weighted by molar-refractivity contribution is 0.0952. The molecule has 0 spiro atoms. The Balaban J connectivity index is 2.13.